The predicted molar refractivity (Wildman–Crippen MR) is 78.8 cm³/mol. The minimum absolute atomic E-state index is 0.0686. The van der Waals surface area contributed by atoms with Crippen LogP contribution in [0.2, 0.25) is 0 Å². The van der Waals surface area contributed by atoms with Gasteiger partial charge in [0.2, 0.25) is 5.82 Å². The standard InChI is InChI=1S/C15H13N5O/c1-20(13-5-3-2-4-6-13)15(21)12-9-7-11(8-10-12)14-16-18-19-17-14/h2-10H,1H3,(H,16,17,18,19). The average molecular weight is 279 g/mol. The Kier molecular flexibility index (Phi) is 3.42. The number of hydrogen-bond donors (Lipinski definition) is 1. The Morgan fingerprint density at radius 3 is 2.38 bits per heavy atom. The van der Waals surface area contributed by atoms with Gasteiger partial charge in [0.05, 0.1) is 0 Å². The van der Waals surface area contributed by atoms with E-state index in [1.54, 1.807) is 36.2 Å². The maximum absolute atomic E-state index is 12.4. The van der Waals surface area contributed by atoms with E-state index in [4.69, 9.17) is 0 Å². The molecule has 2 aromatic carbocycles. The molecule has 21 heavy (non-hydrogen) atoms. The molecule has 1 N–H and O–H groups in total. The van der Waals surface area contributed by atoms with Crippen molar-refractivity contribution in [1.29, 1.82) is 0 Å². The van der Waals surface area contributed by atoms with Crippen molar-refractivity contribution in [3.05, 3.63) is 60.2 Å². The summed E-state index contributed by atoms with van der Waals surface area (Å²) in [5.41, 5.74) is 2.26. The van der Waals surface area contributed by atoms with E-state index >= 15 is 0 Å². The second-order valence-corrected chi connectivity index (χ2v) is 4.51. The summed E-state index contributed by atoms with van der Waals surface area (Å²) in [6.07, 6.45) is 0. The lowest BCUT2D eigenvalue weighted by atomic mass is 10.1. The van der Waals surface area contributed by atoms with Crippen molar-refractivity contribution in [2.45, 2.75) is 0 Å². The number of nitrogens with one attached hydrogen (secondary N) is 1. The van der Waals surface area contributed by atoms with Gasteiger partial charge in [-0.1, -0.05) is 30.3 Å². The number of carbonyl (C=O) groups is 1. The van der Waals surface area contributed by atoms with Gasteiger partial charge in [0, 0.05) is 23.9 Å². The Bertz CT molecular complexity index is 723. The zero-order chi connectivity index (χ0) is 14.7. The molecule has 0 aliphatic rings. The molecule has 0 saturated heterocycles. The van der Waals surface area contributed by atoms with Gasteiger partial charge >= 0.3 is 0 Å². The van der Waals surface area contributed by atoms with Crippen LogP contribution in [0.5, 0.6) is 0 Å². The first-order valence-electron chi connectivity index (χ1n) is 6.43. The summed E-state index contributed by atoms with van der Waals surface area (Å²) in [7, 11) is 1.75. The predicted octanol–water partition coefficient (Wildman–Crippen LogP) is 2.14. The van der Waals surface area contributed by atoms with Gasteiger partial charge in [-0.15, -0.1) is 10.2 Å². The van der Waals surface area contributed by atoms with E-state index in [-0.39, 0.29) is 5.91 Å². The van der Waals surface area contributed by atoms with Crippen LogP contribution in [0.3, 0.4) is 0 Å². The van der Waals surface area contributed by atoms with E-state index in [0.29, 0.717) is 11.4 Å². The molecule has 0 bridgehead atoms. The van der Waals surface area contributed by atoms with Crippen molar-refractivity contribution in [2.75, 3.05) is 11.9 Å². The summed E-state index contributed by atoms with van der Waals surface area (Å²) >= 11 is 0. The van der Waals surface area contributed by atoms with Crippen LogP contribution in [0.4, 0.5) is 5.69 Å². The van der Waals surface area contributed by atoms with E-state index in [2.05, 4.69) is 20.6 Å². The minimum Gasteiger partial charge on any atom is -0.311 e. The molecule has 0 unspecified atom stereocenters. The smallest absolute Gasteiger partial charge is 0.258 e. The molecular weight excluding hydrogens is 266 g/mol. The Labute approximate surface area is 121 Å². The second-order valence-electron chi connectivity index (χ2n) is 4.51. The van der Waals surface area contributed by atoms with Crippen LogP contribution >= 0.6 is 0 Å². The third kappa shape index (κ3) is 2.64. The molecule has 0 atom stereocenters. The van der Waals surface area contributed by atoms with Crippen LogP contribution in [0.25, 0.3) is 11.4 Å². The molecule has 1 amide bonds. The van der Waals surface area contributed by atoms with Gasteiger partial charge in [0.15, 0.2) is 0 Å². The van der Waals surface area contributed by atoms with Crippen molar-refractivity contribution in [3.8, 4) is 11.4 Å². The Hall–Kier alpha value is -3.02. The van der Waals surface area contributed by atoms with Gasteiger partial charge in [-0.2, -0.15) is 5.21 Å². The number of rotatable bonds is 3. The average Bonchev–Trinajstić information content (AvgIpc) is 3.09. The number of aromatic amines is 1. The summed E-state index contributed by atoms with van der Waals surface area (Å²) < 4.78 is 0. The zero-order valence-electron chi connectivity index (χ0n) is 11.4. The Morgan fingerprint density at radius 1 is 1.05 bits per heavy atom. The van der Waals surface area contributed by atoms with Crippen LogP contribution in [0.15, 0.2) is 54.6 Å². The Morgan fingerprint density at radius 2 is 1.76 bits per heavy atom. The van der Waals surface area contributed by atoms with E-state index in [9.17, 15) is 4.79 Å². The quantitative estimate of drug-likeness (QED) is 0.797. The molecule has 104 valence electrons. The van der Waals surface area contributed by atoms with Crippen LogP contribution in [0.1, 0.15) is 10.4 Å². The molecule has 0 aliphatic carbocycles. The van der Waals surface area contributed by atoms with Crippen LogP contribution < -0.4 is 4.90 Å². The van der Waals surface area contributed by atoms with Gasteiger partial charge < -0.3 is 4.90 Å². The third-order valence-corrected chi connectivity index (χ3v) is 3.18. The van der Waals surface area contributed by atoms with E-state index in [1.807, 2.05) is 30.3 Å². The molecule has 0 radical (unpaired) electrons. The van der Waals surface area contributed by atoms with Gasteiger partial charge in [0.1, 0.15) is 0 Å². The number of para-hydroxylation sites is 1. The van der Waals surface area contributed by atoms with E-state index < -0.39 is 0 Å². The number of H-pyrrole nitrogens is 1. The normalized spacial score (nSPS) is 10.3. The lowest BCUT2D eigenvalue weighted by Crippen LogP contribution is -2.25. The fourth-order valence-electron chi connectivity index (χ4n) is 2.01. The van der Waals surface area contributed by atoms with Crippen LogP contribution in [-0.2, 0) is 0 Å². The van der Waals surface area contributed by atoms with Crippen molar-refractivity contribution in [3.63, 3.8) is 0 Å². The number of nitrogens with zero attached hydrogens (tertiary/aromatic N) is 4. The van der Waals surface area contributed by atoms with Crippen LogP contribution in [-0.4, -0.2) is 33.6 Å². The first-order chi connectivity index (χ1) is 10.3. The zero-order valence-corrected chi connectivity index (χ0v) is 11.4. The SMILES string of the molecule is CN(C(=O)c1ccc(-c2nn[nH]n2)cc1)c1ccccc1. The van der Waals surface area contributed by atoms with Crippen molar-refractivity contribution < 1.29 is 4.79 Å². The van der Waals surface area contributed by atoms with Gasteiger partial charge in [-0.05, 0) is 29.5 Å². The number of aromatic nitrogens is 4. The molecule has 0 aliphatic heterocycles. The summed E-state index contributed by atoms with van der Waals surface area (Å²) in [5.74, 6) is 0.436. The van der Waals surface area contributed by atoms with Crippen LogP contribution in [0, 0.1) is 0 Å². The molecule has 0 saturated carbocycles. The van der Waals surface area contributed by atoms with Gasteiger partial charge in [-0.3, -0.25) is 4.79 Å². The molecule has 6 heteroatoms. The fourth-order valence-corrected chi connectivity index (χ4v) is 2.01. The molecule has 1 aromatic heterocycles. The monoisotopic (exact) mass is 279 g/mol. The first kappa shape index (κ1) is 13.0. The topological polar surface area (TPSA) is 74.8 Å². The fraction of sp³-hybridized carbons (Fsp3) is 0.0667. The number of anilines is 1. The lowest BCUT2D eigenvalue weighted by Gasteiger charge is -2.17. The Balaban J connectivity index is 1.82. The molecule has 3 rings (SSSR count). The lowest BCUT2D eigenvalue weighted by molar-refractivity contribution is 0.0993. The summed E-state index contributed by atoms with van der Waals surface area (Å²) in [4.78, 5) is 14.0. The third-order valence-electron chi connectivity index (χ3n) is 3.18. The first-order valence-corrected chi connectivity index (χ1v) is 6.43. The molecule has 6 nitrogen and oxygen atoms in total. The van der Waals surface area contributed by atoms with Gasteiger partial charge in [-0.25, -0.2) is 0 Å². The van der Waals surface area contributed by atoms with Gasteiger partial charge in [0.25, 0.3) is 5.91 Å². The molecule has 0 spiro atoms. The van der Waals surface area contributed by atoms with Crippen molar-refractivity contribution >= 4 is 11.6 Å². The number of carbonyl (C=O) groups excluding carboxylic acids is 1. The molecular formula is C15H13N5O. The number of tetrazole rings is 1. The summed E-state index contributed by atoms with van der Waals surface area (Å²) in [6.45, 7) is 0. The molecule has 0 fully saturated rings. The summed E-state index contributed by atoms with van der Waals surface area (Å²) in [6, 6.07) is 16.6. The van der Waals surface area contributed by atoms with Crippen molar-refractivity contribution in [2.24, 2.45) is 0 Å². The highest BCUT2D eigenvalue weighted by atomic mass is 16.2. The van der Waals surface area contributed by atoms with Crippen molar-refractivity contribution in [1.82, 2.24) is 20.6 Å². The minimum atomic E-state index is -0.0686. The number of benzene rings is 2. The highest BCUT2D eigenvalue weighted by Gasteiger charge is 2.13. The number of hydrogen-bond acceptors (Lipinski definition) is 4. The second kappa shape index (κ2) is 5.54. The molecule has 1 heterocycles. The maximum Gasteiger partial charge on any atom is 0.258 e. The molecule has 3 aromatic rings. The summed E-state index contributed by atoms with van der Waals surface area (Å²) in [5, 5.41) is 13.7. The number of amides is 1. The highest BCUT2D eigenvalue weighted by Crippen LogP contribution is 2.18. The van der Waals surface area contributed by atoms with E-state index in [1.165, 1.54) is 0 Å². The largest absolute Gasteiger partial charge is 0.311 e. The highest BCUT2D eigenvalue weighted by molar-refractivity contribution is 6.05. The maximum atomic E-state index is 12.4. The van der Waals surface area contributed by atoms with E-state index in [0.717, 1.165) is 11.3 Å².